The third-order valence-electron chi connectivity index (χ3n) is 17.4. The van der Waals surface area contributed by atoms with Crippen LogP contribution in [0, 0.1) is 35.8 Å². The molecule has 6 aliphatic heterocycles. The highest BCUT2D eigenvalue weighted by Gasteiger charge is 2.36. The normalized spacial score (nSPS) is 22.5. The highest BCUT2D eigenvalue weighted by Crippen LogP contribution is 2.40. The van der Waals surface area contributed by atoms with E-state index in [1.54, 1.807) is 15.3 Å². The molecule has 0 aliphatic carbocycles. The minimum absolute atomic E-state index is 0.0362. The number of rotatable bonds is 13. The van der Waals surface area contributed by atoms with E-state index in [-0.39, 0.29) is 63.5 Å². The van der Waals surface area contributed by atoms with Crippen LogP contribution in [0.2, 0.25) is 0 Å². The number of nitrogens with zero attached hydrogens (tertiary/aromatic N) is 10. The highest BCUT2D eigenvalue weighted by atomic mass is 19.1. The summed E-state index contributed by atoms with van der Waals surface area (Å²) in [5.74, 6) is 2.05. The van der Waals surface area contributed by atoms with Gasteiger partial charge in [0, 0.05) is 119 Å². The van der Waals surface area contributed by atoms with Gasteiger partial charge in [-0.05, 0) is 126 Å². The van der Waals surface area contributed by atoms with Crippen molar-refractivity contribution >= 4 is 56.0 Å². The summed E-state index contributed by atoms with van der Waals surface area (Å²) < 4.78 is 41.7. The SMILES string of the molecule is C#Cc1c(F)ccc2cc(O)cc(-c3ncc4c(N5CC6CCC(C5)N6)nc(OCCN5CCC(CN6CCN(CC7CCN(c8ccc9c(c8)n(C(C)C)c(=O)n9C8CCC(=O)NC8=O)CC7)CC6)CC5)nc4c3F)c12. The number of nitrogens with one attached hydrogen (secondary N) is 2. The van der Waals surface area contributed by atoms with Crippen molar-refractivity contribution in [2.75, 3.05) is 101 Å². The fourth-order valence-electron chi connectivity index (χ4n) is 13.3. The number of terminal acetylenes is 1. The van der Waals surface area contributed by atoms with Crippen molar-refractivity contribution in [1.82, 2.24) is 49.4 Å². The number of imidazole rings is 1. The number of aromatic hydroxyl groups is 1. The van der Waals surface area contributed by atoms with Crippen LogP contribution in [-0.4, -0.2) is 159 Å². The standard InChI is InChI=1S/C58H68F2N12O5/c1-4-43-46(59)9-5-38-27-42(73)29-44(51(38)43)53-52(60)54-45(30-61-53)55(70-33-39-6-7-40(34-70)62-39)65-57(64-54)77-26-25-66-17-13-36(14-18-66)31-67-21-23-68(24-22-67)32-37-15-19-69(20-16-37)41-8-10-47-49(28-41)71(35(2)3)58(76)72(47)48-11-12-50(74)63-56(48)75/h1,5,8-10,27-30,35-37,39-40,48,62,73H,6-7,11-26,31-34H2,2-3H3,(H,63,74,75). The zero-order valence-electron chi connectivity index (χ0n) is 44.0. The molecule has 9 heterocycles. The number of carbonyl (C=O) groups excluding carboxylic acids is 2. The Labute approximate surface area is 446 Å². The number of likely N-dealkylation sites (tertiary alicyclic amines) is 1. The van der Waals surface area contributed by atoms with E-state index in [1.165, 1.54) is 24.3 Å². The van der Waals surface area contributed by atoms with Gasteiger partial charge in [-0.25, -0.2) is 13.6 Å². The summed E-state index contributed by atoms with van der Waals surface area (Å²) >= 11 is 0. The Kier molecular flexibility index (Phi) is 14.1. The van der Waals surface area contributed by atoms with Gasteiger partial charge in [-0.15, -0.1) is 6.42 Å². The molecule has 17 nitrogen and oxygen atoms in total. The Hall–Kier alpha value is -6.72. The van der Waals surface area contributed by atoms with Gasteiger partial charge in [0.1, 0.15) is 41.2 Å². The van der Waals surface area contributed by atoms with Crippen LogP contribution in [-0.2, 0) is 9.59 Å². The van der Waals surface area contributed by atoms with E-state index < -0.39 is 23.6 Å². The number of fused-ring (bicyclic) bond motifs is 5. The van der Waals surface area contributed by atoms with Crippen molar-refractivity contribution in [3.05, 3.63) is 76.3 Å². The Balaban J connectivity index is 0.627. The monoisotopic (exact) mass is 1050 g/mol. The van der Waals surface area contributed by atoms with Crippen LogP contribution in [0.1, 0.15) is 82.9 Å². The maximum Gasteiger partial charge on any atom is 0.330 e. The number of hydrogen-bond acceptors (Lipinski definition) is 14. The molecular weight excluding hydrogens is 983 g/mol. The maximum atomic E-state index is 17.1. The number of piperazine rings is 2. The molecule has 2 bridgehead atoms. The van der Waals surface area contributed by atoms with Gasteiger partial charge < -0.3 is 34.8 Å². The number of phenols is 1. The second-order valence-electron chi connectivity index (χ2n) is 22.6. The number of hydrogen-bond donors (Lipinski definition) is 3. The van der Waals surface area contributed by atoms with Gasteiger partial charge >= 0.3 is 11.7 Å². The molecule has 3 N–H and O–H groups in total. The van der Waals surface area contributed by atoms with Gasteiger partial charge in [0.15, 0.2) is 5.82 Å². The quantitative estimate of drug-likeness (QED) is 0.0903. The average Bonchev–Trinajstić information content (AvgIpc) is 3.94. The third-order valence-corrected chi connectivity index (χ3v) is 17.4. The first-order valence-corrected chi connectivity index (χ1v) is 27.8. The van der Waals surface area contributed by atoms with Gasteiger partial charge in [-0.1, -0.05) is 12.0 Å². The second-order valence-corrected chi connectivity index (χ2v) is 22.6. The summed E-state index contributed by atoms with van der Waals surface area (Å²) in [4.78, 5) is 64.9. The lowest BCUT2D eigenvalue weighted by atomic mass is 9.94. The molecule has 2 amide bonds. The maximum absolute atomic E-state index is 17.1. The van der Waals surface area contributed by atoms with Crippen molar-refractivity contribution in [2.45, 2.75) is 89.4 Å². The fourth-order valence-corrected chi connectivity index (χ4v) is 13.3. The van der Waals surface area contributed by atoms with E-state index in [2.05, 4.69) is 63.2 Å². The molecule has 404 valence electrons. The summed E-state index contributed by atoms with van der Waals surface area (Å²) in [6.45, 7) is 16.8. The van der Waals surface area contributed by atoms with Crippen LogP contribution in [0.5, 0.6) is 11.8 Å². The number of anilines is 2. The Bertz CT molecular complexity index is 3340. The number of ether oxygens (including phenoxy) is 1. The van der Waals surface area contributed by atoms with Gasteiger partial charge in [0.2, 0.25) is 11.8 Å². The lowest BCUT2D eigenvalue weighted by molar-refractivity contribution is -0.135. The summed E-state index contributed by atoms with van der Waals surface area (Å²) in [5.41, 5.74) is 2.49. The molecule has 3 atom stereocenters. The average molecular weight is 1050 g/mol. The van der Waals surface area contributed by atoms with E-state index in [1.807, 2.05) is 19.9 Å². The summed E-state index contributed by atoms with van der Waals surface area (Å²) in [6, 6.07) is 11.6. The smallest absolute Gasteiger partial charge is 0.330 e. The van der Waals surface area contributed by atoms with Crippen molar-refractivity contribution in [1.29, 1.82) is 0 Å². The zero-order valence-corrected chi connectivity index (χ0v) is 44.0. The molecule has 3 aromatic carbocycles. The molecule has 0 saturated carbocycles. The van der Waals surface area contributed by atoms with Crippen LogP contribution in [0.3, 0.4) is 0 Å². The Morgan fingerprint density at radius 2 is 1.51 bits per heavy atom. The summed E-state index contributed by atoms with van der Waals surface area (Å²) in [5, 5.41) is 18.0. The zero-order chi connectivity index (χ0) is 53.1. The van der Waals surface area contributed by atoms with E-state index >= 15 is 8.78 Å². The van der Waals surface area contributed by atoms with Crippen LogP contribution >= 0.6 is 0 Å². The van der Waals surface area contributed by atoms with E-state index in [4.69, 9.17) is 16.1 Å². The number of amides is 2. The fraction of sp³-hybridized carbons (Fsp3) is 0.517. The molecule has 3 unspecified atom stereocenters. The van der Waals surface area contributed by atoms with Gasteiger partial charge in [-0.3, -0.25) is 33.9 Å². The Morgan fingerprint density at radius 3 is 2.18 bits per heavy atom. The van der Waals surface area contributed by atoms with E-state index in [9.17, 15) is 19.5 Å². The minimum atomic E-state index is -0.731. The second kappa shape index (κ2) is 21.3. The molecule has 6 aliphatic rings. The molecule has 12 rings (SSSR count). The first kappa shape index (κ1) is 51.1. The van der Waals surface area contributed by atoms with Gasteiger partial charge in [0.05, 0.1) is 22.0 Å². The molecule has 6 aromatic rings. The molecule has 3 aromatic heterocycles. The summed E-state index contributed by atoms with van der Waals surface area (Å²) in [7, 11) is 0. The first-order valence-electron chi connectivity index (χ1n) is 27.8. The van der Waals surface area contributed by atoms with Crippen molar-refractivity contribution in [3.8, 4) is 35.4 Å². The number of halogens is 2. The van der Waals surface area contributed by atoms with Crippen molar-refractivity contribution < 1.29 is 28.2 Å². The predicted molar refractivity (Wildman–Crippen MR) is 292 cm³/mol. The van der Waals surface area contributed by atoms with Crippen LogP contribution in [0.25, 0.3) is 44.0 Å². The third kappa shape index (κ3) is 10.1. The molecular formula is C58H68F2N12O5. The predicted octanol–water partition coefficient (Wildman–Crippen LogP) is 6.05. The van der Waals surface area contributed by atoms with E-state index in [0.717, 1.165) is 121 Å². The number of pyridine rings is 1. The largest absolute Gasteiger partial charge is 0.508 e. The molecule has 19 heteroatoms. The van der Waals surface area contributed by atoms with Crippen LogP contribution < -0.4 is 30.9 Å². The molecule has 77 heavy (non-hydrogen) atoms. The minimum Gasteiger partial charge on any atom is -0.508 e. The highest BCUT2D eigenvalue weighted by molar-refractivity contribution is 6.03. The van der Waals surface area contributed by atoms with Crippen LogP contribution in [0.4, 0.5) is 20.3 Å². The molecule has 6 fully saturated rings. The topological polar surface area (TPSA) is 169 Å². The molecule has 0 spiro atoms. The number of benzene rings is 3. The number of piperidine rings is 3. The first-order chi connectivity index (χ1) is 37.3. The number of phenolic OH excluding ortho intramolecular Hbond substituents is 1. The van der Waals surface area contributed by atoms with Gasteiger partial charge in [0.25, 0.3) is 0 Å². The van der Waals surface area contributed by atoms with E-state index in [0.29, 0.717) is 73.2 Å². The lowest BCUT2D eigenvalue weighted by Gasteiger charge is -2.41. The molecule has 6 saturated heterocycles. The number of imide groups is 1. The summed E-state index contributed by atoms with van der Waals surface area (Å²) in [6.07, 6.45) is 14.4. The number of carbonyl (C=O) groups is 2. The molecule has 0 radical (unpaired) electrons. The van der Waals surface area contributed by atoms with Crippen molar-refractivity contribution in [3.63, 3.8) is 0 Å². The van der Waals surface area contributed by atoms with Gasteiger partial charge in [-0.2, -0.15) is 9.97 Å². The Morgan fingerprint density at radius 1 is 0.805 bits per heavy atom. The van der Waals surface area contributed by atoms with Crippen molar-refractivity contribution in [2.24, 2.45) is 11.8 Å². The number of aromatic nitrogens is 5. The van der Waals surface area contributed by atoms with Crippen LogP contribution in [0.15, 0.2) is 53.5 Å². The lowest BCUT2D eigenvalue weighted by Crippen LogP contribution is -2.51.